The molecule has 4 nitrogen and oxygen atoms in total. The number of rotatable bonds is 9. The maximum atomic E-state index is 12.4. The summed E-state index contributed by atoms with van der Waals surface area (Å²) in [6.45, 7) is 3.99. The van der Waals surface area contributed by atoms with Crippen LogP contribution >= 0.6 is 0 Å². The van der Waals surface area contributed by atoms with Crippen molar-refractivity contribution in [1.82, 2.24) is 4.90 Å². The average Bonchev–Trinajstić information content (AvgIpc) is 2.44. The van der Waals surface area contributed by atoms with Crippen LogP contribution in [0.1, 0.15) is 43.0 Å². The largest absolute Gasteiger partial charge is 0.494 e. The van der Waals surface area contributed by atoms with E-state index in [4.69, 9.17) is 9.84 Å². The molecule has 0 spiro atoms. The van der Waals surface area contributed by atoms with Crippen LogP contribution in [-0.2, 0) is 0 Å². The summed E-state index contributed by atoms with van der Waals surface area (Å²) in [6, 6.07) is 7.87. The molecule has 0 aliphatic heterocycles. The normalized spacial score (nSPS) is 15.0. The minimum Gasteiger partial charge on any atom is -0.494 e. The van der Waals surface area contributed by atoms with Gasteiger partial charge in [-0.25, -0.2) is 0 Å². The Balaban J connectivity index is 1.93. The SMILES string of the molecule is CCOc1ccc(C(=O)CN(CCCO)C2CCC2)cc1. The van der Waals surface area contributed by atoms with E-state index in [1.807, 2.05) is 31.2 Å². The molecule has 116 valence electrons. The minimum absolute atomic E-state index is 0.142. The molecule has 4 heteroatoms. The highest BCUT2D eigenvalue weighted by Crippen LogP contribution is 2.25. The molecule has 21 heavy (non-hydrogen) atoms. The summed E-state index contributed by atoms with van der Waals surface area (Å²) in [5.74, 6) is 0.938. The molecule has 0 radical (unpaired) electrons. The molecular weight excluding hydrogens is 266 g/mol. The molecule has 1 N–H and O–H groups in total. The van der Waals surface area contributed by atoms with Gasteiger partial charge in [-0.3, -0.25) is 9.69 Å². The topological polar surface area (TPSA) is 49.8 Å². The lowest BCUT2D eigenvalue weighted by Crippen LogP contribution is -2.43. The monoisotopic (exact) mass is 291 g/mol. The van der Waals surface area contributed by atoms with Crippen molar-refractivity contribution in [1.29, 1.82) is 0 Å². The summed E-state index contributed by atoms with van der Waals surface area (Å²) >= 11 is 0. The molecule has 0 atom stereocenters. The molecular formula is C17H25NO3. The Morgan fingerprint density at radius 2 is 2.05 bits per heavy atom. The van der Waals surface area contributed by atoms with Gasteiger partial charge in [-0.05, 0) is 50.5 Å². The Morgan fingerprint density at radius 1 is 1.33 bits per heavy atom. The van der Waals surface area contributed by atoms with Crippen molar-refractivity contribution in [3.63, 3.8) is 0 Å². The zero-order chi connectivity index (χ0) is 15.1. The van der Waals surface area contributed by atoms with Crippen LogP contribution in [-0.4, -0.2) is 48.1 Å². The first kappa shape index (κ1) is 16.0. The number of ketones is 1. The zero-order valence-corrected chi connectivity index (χ0v) is 12.8. The number of Topliss-reactive ketones (excluding diaryl/α,β-unsaturated/α-hetero) is 1. The fourth-order valence-corrected chi connectivity index (χ4v) is 2.60. The van der Waals surface area contributed by atoms with Gasteiger partial charge in [-0.1, -0.05) is 6.42 Å². The van der Waals surface area contributed by atoms with Crippen molar-refractivity contribution in [2.24, 2.45) is 0 Å². The van der Waals surface area contributed by atoms with E-state index < -0.39 is 0 Å². The van der Waals surface area contributed by atoms with E-state index in [-0.39, 0.29) is 12.4 Å². The summed E-state index contributed by atoms with van der Waals surface area (Å²) in [7, 11) is 0. The molecule has 0 amide bonds. The van der Waals surface area contributed by atoms with Crippen LogP contribution in [0, 0.1) is 0 Å². The van der Waals surface area contributed by atoms with Crippen molar-refractivity contribution in [2.45, 2.75) is 38.6 Å². The number of ether oxygens (including phenoxy) is 1. The number of hydrogen-bond acceptors (Lipinski definition) is 4. The molecule has 1 aliphatic carbocycles. The van der Waals surface area contributed by atoms with E-state index in [1.165, 1.54) is 19.3 Å². The Bertz CT molecular complexity index is 440. The van der Waals surface area contributed by atoms with Crippen LogP contribution in [0.5, 0.6) is 5.75 Å². The molecule has 1 aliphatic rings. The lowest BCUT2D eigenvalue weighted by molar-refractivity contribution is 0.0788. The average molecular weight is 291 g/mol. The van der Waals surface area contributed by atoms with Gasteiger partial charge in [0.25, 0.3) is 0 Å². The first-order chi connectivity index (χ1) is 10.2. The maximum Gasteiger partial charge on any atom is 0.176 e. The van der Waals surface area contributed by atoms with Crippen molar-refractivity contribution < 1.29 is 14.6 Å². The Morgan fingerprint density at radius 3 is 2.57 bits per heavy atom. The van der Waals surface area contributed by atoms with Crippen LogP contribution in [0.2, 0.25) is 0 Å². The molecule has 1 aromatic carbocycles. The van der Waals surface area contributed by atoms with Gasteiger partial charge in [-0.2, -0.15) is 0 Å². The van der Waals surface area contributed by atoms with Gasteiger partial charge in [0.15, 0.2) is 5.78 Å². The molecule has 2 rings (SSSR count). The second kappa shape index (κ2) is 8.15. The van der Waals surface area contributed by atoms with Gasteiger partial charge < -0.3 is 9.84 Å². The number of aliphatic hydroxyl groups is 1. The standard InChI is InChI=1S/C17H25NO3/c1-2-21-16-9-7-14(8-10-16)17(20)13-18(11-4-12-19)15-5-3-6-15/h7-10,15,19H,2-6,11-13H2,1H3. The highest BCUT2D eigenvalue weighted by molar-refractivity contribution is 5.97. The summed E-state index contributed by atoms with van der Waals surface area (Å²) < 4.78 is 5.39. The van der Waals surface area contributed by atoms with Crippen LogP contribution < -0.4 is 4.74 Å². The molecule has 1 fully saturated rings. The van der Waals surface area contributed by atoms with Crippen molar-refractivity contribution in [3.8, 4) is 5.75 Å². The van der Waals surface area contributed by atoms with Crippen molar-refractivity contribution in [2.75, 3.05) is 26.3 Å². The molecule has 0 unspecified atom stereocenters. The third kappa shape index (κ3) is 4.55. The van der Waals surface area contributed by atoms with Gasteiger partial charge in [-0.15, -0.1) is 0 Å². The lowest BCUT2D eigenvalue weighted by atomic mass is 9.91. The van der Waals surface area contributed by atoms with Gasteiger partial charge in [0.05, 0.1) is 13.2 Å². The summed E-state index contributed by atoms with van der Waals surface area (Å²) in [5, 5.41) is 8.99. The fourth-order valence-electron chi connectivity index (χ4n) is 2.60. The molecule has 0 aromatic heterocycles. The Kier molecular flexibility index (Phi) is 6.21. The van der Waals surface area contributed by atoms with Crippen LogP contribution in [0.3, 0.4) is 0 Å². The Labute approximate surface area is 126 Å². The van der Waals surface area contributed by atoms with Crippen molar-refractivity contribution in [3.05, 3.63) is 29.8 Å². The fraction of sp³-hybridized carbons (Fsp3) is 0.588. The number of carbonyl (C=O) groups is 1. The zero-order valence-electron chi connectivity index (χ0n) is 12.8. The predicted molar refractivity (Wildman–Crippen MR) is 82.9 cm³/mol. The van der Waals surface area contributed by atoms with Crippen LogP contribution in [0.4, 0.5) is 0 Å². The van der Waals surface area contributed by atoms with Crippen LogP contribution in [0.15, 0.2) is 24.3 Å². The number of nitrogens with zero attached hydrogens (tertiary/aromatic N) is 1. The van der Waals surface area contributed by atoms with Gasteiger partial charge in [0.1, 0.15) is 5.75 Å². The molecule has 0 heterocycles. The molecule has 0 saturated heterocycles. The first-order valence-corrected chi connectivity index (χ1v) is 7.85. The third-order valence-electron chi connectivity index (χ3n) is 4.03. The summed E-state index contributed by atoms with van der Waals surface area (Å²) in [5.41, 5.74) is 0.728. The smallest absolute Gasteiger partial charge is 0.176 e. The van der Waals surface area contributed by atoms with Gasteiger partial charge in [0, 0.05) is 24.8 Å². The minimum atomic E-state index is 0.142. The second-order valence-electron chi connectivity index (χ2n) is 5.51. The lowest BCUT2D eigenvalue weighted by Gasteiger charge is -2.37. The van der Waals surface area contributed by atoms with E-state index in [1.54, 1.807) is 0 Å². The third-order valence-corrected chi connectivity index (χ3v) is 4.03. The molecule has 0 bridgehead atoms. The first-order valence-electron chi connectivity index (χ1n) is 7.85. The maximum absolute atomic E-state index is 12.4. The van der Waals surface area contributed by atoms with Crippen molar-refractivity contribution >= 4 is 5.78 Å². The quantitative estimate of drug-likeness (QED) is 0.710. The Hall–Kier alpha value is -1.39. The number of benzene rings is 1. The van der Waals surface area contributed by atoms with E-state index in [2.05, 4.69) is 4.90 Å². The molecule has 1 aromatic rings. The summed E-state index contributed by atoms with van der Waals surface area (Å²) in [6.07, 6.45) is 4.31. The van der Waals surface area contributed by atoms with E-state index >= 15 is 0 Å². The van der Waals surface area contributed by atoms with E-state index in [0.717, 1.165) is 24.3 Å². The van der Waals surface area contributed by atoms with Gasteiger partial charge >= 0.3 is 0 Å². The number of aliphatic hydroxyl groups excluding tert-OH is 1. The van der Waals surface area contributed by atoms with Gasteiger partial charge in [0.2, 0.25) is 0 Å². The second-order valence-corrected chi connectivity index (χ2v) is 5.51. The number of hydrogen-bond donors (Lipinski definition) is 1. The summed E-state index contributed by atoms with van der Waals surface area (Å²) in [4.78, 5) is 14.6. The highest BCUT2D eigenvalue weighted by atomic mass is 16.5. The molecule has 1 saturated carbocycles. The predicted octanol–water partition coefficient (Wildman–Crippen LogP) is 2.50. The van der Waals surface area contributed by atoms with Crippen LogP contribution in [0.25, 0.3) is 0 Å². The number of carbonyl (C=O) groups excluding carboxylic acids is 1. The highest BCUT2D eigenvalue weighted by Gasteiger charge is 2.26. The van der Waals surface area contributed by atoms with E-state index in [9.17, 15) is 4.79 Å². The van der Waals surface area contributed by atoms with E-state index in [0.29, 0.717) is 19.2 Å².